The van der Waals surface area contributed by atoms with E-state index >= 15 is 0 Å². The van der Waals surface area contributed by atoms with Crippen LogP contribution in [0.2, 0.25) is 0 Å². The van der Waals surface area contributed by atoms with Crippen LogP contribution in [0.4, 0.5) is 0 Å². The van der Waals surface area contributed by atoms with Crippen molar-refractivity contribution in [3.8, 4) is 5.75 Å². The van der Waals surface area contributed by atoms with Crippen molar-refractivity contribution >= 4 is 23.0 Å². The summed E-state index contributed by atoms with van der Waals surface area (Å²) in [4.78, 5) is 15.7. The van der Waals surface area contributed by atoms with Crippen molar-refractivity contribution in [3.05, 3.63) is 102 Å². The van der Waals surface area contributed by atoms with Gasteiger partial charge in [-0.2, -0.15) is 5.10 Å². The standard InChI is InChI=1S/C23H19N3O2/c27-23(26-25-15-18-14-24-21-12-6-4-10-19(18)21)20-11-5-7-13-22(20)28-16-17-8-2-1-3-9-17/h1-15,24H,16H2,(H,26,27). The average Bonchev–Trinajstić information content (AvgIpc) is 3.16. The Kier molecular flexibility index (Phi) is 5.15. The van der Waals surface area contributed by atoms with Gasteiger partial charge in [0.2, 0.25) is 0 Å². The Labute approximate surface area is 162 Å². The highest BCUT2D eigenvalue weighted by Gasteiger charge is 2.11. The average molecular weight is 369 g/mol. The molecular weight excluding hydrogens is 350 g/mol. The number of rotatable bonds is 6. The summed E-state index contributed by atoms with van der Waals surface area (Å²) in [5, 5.41) is 5.15. The van der Waals surface area contributed by atoms with E-state index in [2.05, 4.69) is 15.5 Å². The molecule has 0 unspecified atom stereocenters. The van der Waals surface area contributed by atoms with Crippen LogP contribution < -0.4 is 10.2 Å². The Balaban J connectivity index is 1.44. The van der Waals surface area contributed by atoms with Crippen LogP contribution in [0, 0.1) is 0 Å². The largest absolute Gasteiger partial charge is 0.488 e. The van der Waals surface area contributed by atoms with Crippen molar-refractivity contribution in [2.24, 2.45) is 5.10 Å². The first-order valence-corrected chi connectivity index (χ1v) is 8.96. The van der Waals surface area contributed by atoms with Crippen molar-refractivity contribution in [3.63, 3.8) is 0 Å². The minimum Gasteiger partial charge on any atom is -0.488 e. The van der Waals surface area contributed by atoms with Gasteiger partial charge in [0.15, 0.2) is 0 Å². The summed E-state index contributed by atoms with van der Waals surface area (Å²) in [6.07, 6.45) is 3.49. The maximum atomic E-state index is 12.6. The topological polar surface area (TPSA) is 66.5 Å². The van der Waals surface area contributed by atoms with Gasteiger partial charge in [0, 0.05) is 22.7 Å². The van der Waals surface area contributed by atoms with E-state index in [1.807, 2.05) is 66.9 Å². The first-order chi connectivity index (χ1) is 13.8. The van der Waals surface area contributed by atoms with E-state index in [4.69, 9.17) is 4.74 Å². The Hall–Kier alpha value is -3.86. The van der Waals surface area contributed by atoms with Gasteiger partial charge in [0.1, 0.15) is 12.4 Å². The van der Waals surface area contributed by atoms with Crippen LogP contribution in [-0.4, -0.2) is 17.1 Å². The summed E-state index contributed by atoms with van der Waals surface area (Å²) in [7, 11) is 0. The molecule has 2 N–H and O–H groups in total. The lowest BCUT2D eigenvalue weighted by Crippen LogP contribution is -2.18. The second kappa shape index (κ2) is 8.22. The van der Waals surface area contributed by atoms with Gasteiger partial charge in [-0.3, -0.25) is 4.79 Å². The zero-order chi connectivity index (χ0) is 19.2. The summed E-state index contributed by atoms with van der Waals surface area (Å²) < 4.78 is 5.84. The molecule has 0 saturated heterocycles. The van der Waals surface area contributed by atoms with Crippen molar-refractivity contribution < 1.29 is 9.53 Å². The second-order valence-electron chi connectivity index (χ2n) is 6.26. The van der Waals surface area contributed by atoms with E-state index < -0.39 is 0 Å². The highest BCUT2D eigenvalue weighted by Crippen LogP contribution is 2.19. The molecule has 3 aromatic carbocycles. The lowest BCUT2D eigenvalue weighted by Gasteiger charge is -2.10. The summed E-state index contributed by atoms with van der Waals surface area (Å²) in [5.41, 5.74) is 5.98. The molecule has 1 amide bonds. The number of benzene rings is 3. The van der Waals surface area contributed by atoms with E-state index in [1.165, 1.54) is 0 Å². The van der Waals surface area contributed by atoms with Crippen LogP contribution >= 0.6 is 0 Å². The highest BCUT2D eigenvalue weighted by atomic mass is 16.5. The van der Waals surface area contributed by atoms with Gasteiger partial charge in [-0.05, 0) is 23.8 Å². The van der Waals surface area contributed by atoms with E-state index in [-0.39, 0.29) is 5.91 Å². The molecule has 0 bridgehead atoms. The fourth-order valence-corrected chi connectivity index (χ4v) is 2.94. The van der Waals surface area contributed by atoms with E-state index in [0.29, 0.717) is 17.9 Å². The Morgan fingerprint density at radius 1 is 0.964 bits per heavy atom. The lowest BCUT2D eigenvalue weighted by molar-refractivity contribution is 0.0950. The van der Waals surface area contributed by atoms with Crippen molar-refractivity contribution in [1.29, 1.82) is 0 Å². The number of H-pyrrole nitrogens is 1. The fourth-order valence-electron chi connectivity index (χ4n) is 2.94. The van der Waals surface area contributed by atoms with Crippen molar-refractivity contribution in [1.82, 2.24) is 10.4 Å². The van der Waals surface area contributed by atoms with Crippen molar-refractivity contribution in [2.45, 2.75) is 6.61 Å². The zero-order valence-corrected chi connectivity index (χ0v) is 15.1. The highest BCUT2D eigenvalue weighted by molar-refractivity contribution is 6.00. The molecule has 5 nitrogen and oxygen atoms in total. The molecule has 0 atom stereocenters. The molecule has 0 radical (unpaired) electrons. The maximum absolute atomic E-state index is 12.6. The van der Waals surface area contributed by atoms with Gasteiger partial charge >= 0.3 is 0 Å². The van der Waals surface area contributed by atoms with E-state index in [0.717, 1.165) is 22.0 Å². The number of carbonyl (C=O) groups excluding carboxylic acids is 1. The lowest BCUT2D eigenvalue weighted by atomic mass is 10.2. The molecule has 5 heteroatoms. The summed E-state index contributed by atoms with van der Waals surface area (Å²) in [6.45, 7) is 0.393. The number of fused-ring (bicyclic) bond motifs is 1. The molecule has 4 rings (SSSR count). The van der Waals surface area contributed by atoms with Gasteiger partial charge in [-0.25, -0.2) is 5.43 Å². The van der Waals surface area contributed by atoms with Gasteiger partial charge < -0.3 is 9.72 Å². The van der Waals surface area contributed by atoms with Crippen LogP contribution in [0.1, 0.15) is 21.5 Å². The van der Waals surface area contributed by atoms with Crippen LogP contribution in [0.25, 0.3) is 10.9 Å². The quantitative estimate of drug-likeness (QED) is 0.388. The van der Waals surface area contributed by atoms with Crippen LogP contribution in [0.5, 0.6) is 5.75 Å². The van der Waals surface area contributed by atoms with Gasteiger partial charge in [-0.15, -0.1) is 0 Å². The molecule has 0 aliphatic carbocycles. The molecule has 0 fully saturated rings. The smallest absolute Gasteiger partial charge is 0.275 e. The summed E-state index contributed by atoms with van der Waals surface area (Å²) in [5.74, 6) is 0.200. The number of aromatic amines is 1. The molecular formula is C23H19N3O2. The molecule has 1 aromatic heterocycles. The fraction of sp³-hybridized carbons (Fsp3) is 0.0435. The SMILES string of the molecule is O=C(NN=Cc1c[nH]c2ccccc12)c1ccccc1OCc1ccccc1. The number of hydrogen-bond donors (Lipinski definition) is 2. The maximum Gasteiger partial charge on any atom is 0.275 e. The third-order valence-corrected chi connectivity index (χ3v) is 4.36. The number of para-hydroxylation sites is 2. The van der Waals surface area contributed by atoms with E-state index in [1.54, 1.807) is 24.4 Å². The molecule has 0 saturated carbocycles. The number of ether oxygens (including phenoxy) is 1. The Bertz CT molecular complexity index is 1120. The summed E-state index contributed by atoms with van der Waals surface area (Å²) in [6, 6.07) is 24.9. The molecule has 0 aliphatic heterocycles. The van der Waals surface area contributed by atoms with Crippen LogP contribution in [0.15, 0.2) is 90.2 Å². The number of amides is 1. The van der Waals surface area contributed by atoms with Gasteiger partial charge in [0.25, 0.3) is 5.91 Å². The third-order valence-electron chi connectivity index (χ3n) is 4.36. The normalized spacial score (nSPS) is 11.0. The predicted molar refractivity (Wildman–Crippen MR) is 111 cm³/mol. The molecule has 28 heavy (non-hydrogen) atoms. The first kappa shape index (κ1) is 17.5. The summed E-state index contributed by atoms with van der Waals surface area (Å²) >= 11 is 0. The number of aromatic nitrogens is 1. The first-order valence-electron chi connectivity index (χ1n) is 8.96. The van der Waals surface area contributed by atoms with Crippen molar-refractivity contribution in [2.75, 3.05) is 0 Å². The van der Waals surface area contributed by atoms with Crippen LogP contribution in [0.3, 0.4) is 0 Å². The van der Waals surface area contributed by atoms with Gasteiger partial charge in [0.05, 0.1) is 11.8 Å². The second-order valence-corrected chi connectivity index (χ2v) is 6.26. The third kappa shape index (κ3) is 3.94. The monoisotopic (exact) mass is 369 g/mol. The molecule has 138 valence electrons. The molecule has 0 aliphatic rings. The Morgan fingerprint density at radius 3 is 2.61 bits per heavy atom. The number of carbonyl (C=O) groups is 1. The minimum absolute atomic E-state index is 0.320. The minimum atomic E-state index is -0.320. The molecule has 0 spiro atoms. The van der Waals surface area contributed by atoms with E-state index in [9.17, 15) is 4.79 Å². The van der Waals surface area contributed by atoms with Gasteiger partial charge in [-0.1, -0.05) is 60.7 Å². The number of hydrogen-bond acceptors (Lipinski definition) is 3. The molecule has 4 aromatic rings. The predicted octanol–water partition coefficient (Wildman–Crippen LogP) is 4.51. The number of hydrazone groups is 1. The number of nitrogens with zero attached hydrogens (tertiary/aromatic N) is 1. The Morgan fingerprint density at radius 2 is 1.71 bits per heavy atom. The zero-order valence-electron chi connectivity index (χ0n) is 15.1. The number of nitrogens with one attached hydrogen (secondary N) is 2. The molecule has 1 heterocycles. The van der Waals surface area contributed by atoms with Crippen LogP contribution in [-0.2, 0) is 6.61 Å².